The predicted octanol–water partition coefficient (Wildman–Crippen LogP) is 2.46. The van der Waals surface area contributed by atoms with Gasteiger partial charge in [-0.2, -0.15) is 0 Å². The lowest BCUT2D eigenvalue weighted by Gasteiger charge is -2.28. The first-order chi connectivity index (χ1) is 9.63. The van der Waals surface area contributed by atoms with E-state index >= 15 is 0 Å². The maximum atomic E-state index is 12.0. The summed E-state index contributed by atoms with van der Waals surface area (Å²) >= 11 is 0. The molecule has 0 radical (unpaired) electrons. The topological polar surface area (TPSA) is 78.7 Å². The van der Waals surface area contributed by atoms with E-state index in [9.17, 15) is 14.9 Å². The molecule has 0 N–H and O–H groups in total. The Morgan fingerprint density at radius 3 is 2.60 bits per heavy atom. The summed E-state index contributed by atoms with van der Waals surface area (Å²) in [6.45, 7) is 0. The number of hydrogen-bond acceptors (Lipinski definition) is 5. The third-order valence-electron chi connectivity index (χ3n) is 3.90. The molecule has 0 spiro atoms. The molecule has 3 atom stereocenters. The summed E-state index contributed by atoms with van der Waals surface area (Å²) < 4.78 is 11.2. The Kier molecular flexibility index (Phi) is 3.40. The summed E-state index contributed by atoms with van der Waals surface area (Å²) in [6, 6.07) is 5.45. The molecule has 0 unspecified atom stereocenters. The van der Waals surface area contributed by atoms with Crippen LogP contribution in [-0.4, -0.2) is 29.2 Å². The molecule has 1 aromatic carbocycles. The van der Waals surface area contributed by atoms with E-state index in [2.05, 4.69) is 0 Å². The second-order valence-electron chi connectivity index (χ2n) is 5.20. The summed E-state index contributed by atoms with van der Waals surface area (Å²) in [4.78, 5) is 22.1. The Bertz CT molecular complexity index is 527. The molecule has 6 heteroatoms. The normalized spacial score (nSPS) is 28.1. The highest BCUT2D eigenvalue weighted by molar-refractivity contribution is 5.89. The van der Waals surface area contributed by atoms with Gasteiger partial charge in [0, 0.05) is 12.1 Å². The Hall–Kier alpha value is -1.95. The zero-order valence-electron chi connectivity index (χ0n) is 10.9. The van der Waals surface area contributed by atoms with Crippen molar-refractivity contribution in [2.24, 2.45) is 0 Å². The predicted molar refractivity (Wildman–Crippen MR) is 69.4 cm³/mol. The van der Waals surface area contributed by atoms with Crippen molar-refractivity contribution >= 4 is 11.7 Å². The molecule has 2 fully saturated rings. The van der Waals surface area contributed by atoms with Crippen LogP contribution in [-0.2, 0) is 9.47 Å². The highest BCUT2D eigenvalue weighted by Crippen LogP contribution is 2.34. The van der Waals surface area contributed by atoms with Crippen molar-refractivity contribution in [1.29, 1.82) is 0 Å². The van der Waals surface area contributed by atoms with Crippen LogP contribution in [0.3, 0.4) is 0 Å². The molecule has 2 heterocycles. The lowest BCUT2D eigenvalue weighted by Crippen LogP contribution is -2.35. The molecule has 2 aliphatic rings. The van der Waals surface area contributed by atoms with Gasteiger partial charge in [-0.1, -0.05) is 0 Å². The fraction of sp³-hybridized carbons (Fsp3) is 0.500. The van der Waals surface area contributed by atoms with E-state index in [0.29, 0.717) is 11.7 Å². The van der Waals surface area contributed by atoms with Gasteiger partial charge in [-0.3, -0.25) is 10.1 Å². The van der Waals surface area contributed by atoms with Crippen molar-refractivity contribution in [2.45, 2.75) is 44.0 Å². The molecule has 0 aliphatic carbocycles. The fourth-order valence-corrected chi connectivity index (χ4v) is 2.81. The molecule has 0 saturated carbocycles. The van der Waals surface area contributed by atoms with E-state index in [1.807, 2.05) is 0 Å². The maximum Gasteiger partial charge on any atom is 0.338 e. The molecule has 0 amide bonds. The van der Waals surface area contributed by atoms with E-state index in [1.165, 1.54) is 24.3 Å². The van der Waals surface area contributed by atoms with Crippen LogP contribution in [0.5, 0.6) is 0 Å². The quantitative estimate of drug-likeness (QED) is 0.481. The zero-order chi connectivity index (χ0) is 14.1. The summed E-state index contributed by atoms with van der Waals surface area (Å²) in [5.74, 6) is -0.446. The summed E-state index contributed by atoms with van der Waals surface area (Å²) in [5.41, 5.74) is 0.289. The first-order valence-corrected chi connectivity index (χ1v) is 6.74. The Labute approximate surface area is 115 Å². The van der Waals surface area contributed by atoms with Gasteiger partial charge in [-0.05, 0) is 37.8 Å². The van der Waals surface area contributed by atoms with Crippen molar-refractivity contribution in [2.75, 3.05) is 0 Å². The number of nitro groups is 1. The number of ether oxygens (including phenoxy) is 2. The summed E-state index contributed by atoms with van der Waals surface area (Å²) in [5, 5.41) is 10.6. The number of nitro benzene ring substituents is 1. The maximum absolute atomic E-state index is 12.0. The van der Waals surface area contributed by atoms with Crippen LogP contribution in [0, 0.1) is 10.1 Å². The van der Waals surface area contributed by atoms with Crippen LogP contribution in [0.15, 0.2) is 24.3 Å². The lowest BCUT2D eigenvalue weighted by atomic mass is 10.1. The number of esters is 1. The van der Waals surface area contributed by atoms with Gasteiger partial charge in [0.2, 0.25) is 0 Å². The van der Waals surface area contributed by atoms with Crippen molar-refractivity contribution in [3.8, 4) is 0 Å². The Morgan fingerprint density at radius 2 is 1.90 bits per heavy atom. The molecule has 0 aromatic heterocycles. The second-order valence-corrected chi connectivity index (χ2v) is 5.20. The minimum absolute atomic E-state index is 0.00995. The van der Waals surface area contributed by atoms with Gasteiger partial charge in [-0.25, -0.2) is 4.79 Å². The van der Waals surface area contributed by atoms with E-state index in [1.54, 1.807) is 0 Å². The van der Waals surface area contributed by atoms with Crippen molar-refractivity contribution in [1.82, 2.24) is 0 Å². The molecule has 2 aliphatic heterocycles. The Morgan fingerprint density at radius 1 is 1.20 bits per heavy atom. The third-order valence-corrected chi connectivity index (χ3v) is 3.90. The van der Waals surface area contributed by atoms with Crippen LogP contribution >= 0.6 is 0 Å². The Balaban J connectivity index is 1.65. The summed E-state index contributed by atoms with van der Waals surface area (Å²) in [7, 11) is 0. The molecular formula is C14H15NO5. The number of fused-ring (bicyclic) bond motifs is 2. The molecule has 2 bridgehead atoms. The van der Waals surface area contributed by atoms with Gasteiger partial charge >= 0.3 is 5.97 Å². The van der Waals surface area contributed by atoms with Gasteiger partial charge in [-0.15, -0.1) is 0 Å². The van der Waals surface area contributed by atoms with Crippen LogP contribution in [0.1, 0.15) is 36.0 Å². The van der Waals surface area contributed by atoms with Gasteiger partial charge < -0.3 is 9.47 Å². The molecule has 20 heavy (non-hydrogen) atoms. The number of benzene rings is 1. The average molecular weight is 277 g/mol. The van der Waals surface area contributed by atoms with E-state index in [-0.39, 0.29) is 17.9 Å². The smallest absolute Gasteiger partial charge is 0.338 e. The van der Waals surface area contributed by atoms with Gasteiger partial charge in [0.1, 0.15) is 6.10 Å². The number of nitrogens with zero attached hydrogens (tertiary/aromatic N) is 1. The van der Waals surface area contributed by atoms with Crippen molar-refractivity contribution in [3.05, 3.63) is 39.9 Å². The first kappa shape index (κ1) is 13.1. The van der Waals surface area contributed by atoms with E-state index < -0.39 is 10.9 Å². The molecule has 6 nitrogen and oxygen atoms in total. The van der Waals surface area contributed by atoms with Gasteiger partial charge in [0.15, 0.2) is 0 Å². The SMILES string of the molecule is O=C(O[C@H]1CC[C@H]2CC[C@@H]1O2)c1ccc([N+](=O)[O-])cc1. The van der Waals surface area contributed by atoms with Crippen LogP contribution < -0.4 is 0 Å². The summed E-state index contributed by atoms with van der Waals surface area (Å²) in [6.07, 6.45) is 3.86. The molecular weight excluding hydrogens is 262 g/mol. The number of hydrogen-bond donors (Lipinski definition) is 0. The number of carbonyl (C=O) groups is 1. The highest BCUT2D eigenvalue weighted by atomic mass is 16.6. The van der Waals surface area contributed by atoms with Crippen molar-refractivity contribution < 1.29 is 19.2 Å². The fourth-order valence-electron chi connectivity index (χ4n) is 2.81. The van der Waals surface area contributed by atoms with Gasteiger partial charge in [0.25, 0.3) is 5.69 Å². The lowest BCUT2D eigenvalue weighted by molar-refractivity contribution is -0.384. The van der Waals surface area contributed by atoms with Crippen LogP contribution in [0.4, 0.5) is 5.69 Å². The first-order valence-electron chi connectivity index (χ1n) is 6.74. The number of rotatable bonds is 3. The number of carbonyl (C=O) groups excluding carboxylic acids is 1. The zero-order valence-corrected chi connectivity index (χ0v) is 10.9. The number of non-ortho nitro benzene ring substituents is 1. The molecule has 1 aromatic rings. The largest absolute Gasteiger partial charge is 0.456 e. The monoisotopic (exact) mass is 277 g/mol. The minimum atomic E-state index is -0.497. The molecule has 2 saturated heterocycles. The van der Waals surface area contributed by atoms with E-state index in [4.69, 9.17) is 9.47 Å². The van der Waals surface area contributed by atoms with Gasteiger partial charge in [0.05, 0.1) is 22.7 Å². The van der Waals surface area contributed by atoms with E-state index in [0.717, 1.165) is 25.7 Å². The van der Waals surface area contributed by atoms with Crippen molar-refractivity contribution in [3.63, 3.8) is 0 Å². The highest BCUT2D eigenvalue weighted by Gasteiger charge is 2.38. The second kappa shape index (κ2) is 5.20. The van der Waals surface area contributed by atoms with Crippen LogP contribution in [0.25, 0.3) is 0 Å². The minimum Gasteiger partial charge on any atom is -0.456 e. The standard InChI is InChI=1S/C14H15NO5/c16-14(9-1-3-10(4-2-9)15(17)18)20-13-8-6-11-5-7-12(13)19-11/h1-4,11-13H,5-8H2/t11-,12+,13+/m1/s1. The average Bonchev–Trinajstić information content (AvgIpc) is 2.85. The molecule has 3 rings (SSSR count). The van der Waals surface area contributed by atoms with Crippen LogP contribution in [0.2, 0.25) is 0 Å². The third kappa shape index (κ3) is 2.51. The molecule has 106 valence electrons.